The van der Waals surface area contributed by atoms with E-state index in [1.807, 2.05) is 6.92 Å². The molecule has 0 aromatic carbocycles. The number of ketones is 1. The lowest BCUT2D eigenvalue weighted by atomic mass is 9.94. The highest BCUT2D eigenvalue weighted by atomic mass is 16.5. The number of carboxylic acid groups (broad SMARTS) is 1. The Hall–Kier alpha value is -2.48. The predicted octanol–water partition coefficient (Wildman–Crippen LogP) is 3.68. The maximum absolute atomic E-state index is 12.0. The molecule has 0 aliphatic heterocycles. The van der Waals surface area contributed by atoms with Crippen LogP contribution in [0.3, 0.4) is 0 Å². The van der Waals surface area contributed by atoms with E-state index in [0.717, 1.165) is 25.8 Å². The standard InChI is InChI=1S/C13H20O3.C9H12O4.C3H9N/c1-4-7-8-11(14)13(9-10(13)5-2)12(15)16-6-3;1-3-6-5-9(6,7(10)11)8(12)13-4-2;1-2-3-4/h5,10H,2,4,6-9H2,1,3H3;3,6H,1,4-5H2,2H3,(H,10,11);2-4H2,1H3. The van der Waals surface area contributed by atoms with E-state index in [2.05, 4.69) is 20.1 Å². The molecule has 0 amide bonds. The number of Topliss-reactive ketones (excluding diaryl/α,β-unsaturated/α-hetero) is 1. The number of hydrogen-bond donors (Lipinski definition) is 2. The number of unbranched alkanes of at least 4 members (excludes halogenated alkanes) is 1. The Bertz CT molecular complexity index is 703. The minimum atomic E-state index is -1.34. The van der Waals surface area contributed by atoms with Crippen LogP contribution in [0.5, 0.6) is 0 Å². The highest BCUT2D eigenvalue weighted by Crippen LogP contribution is 2.56. The van der Waals surface area contributed by atoms with Crippen molar-refractivity contribution in [2.45, 2.75) is 66.2 Å². The molecule has 0 bridgehead atoms. The normalized spacial score (nSPS) is 26.2. The van der Waals surface area contributed by atoms with E-state index in [1.165, 1.54) is 6.08 Å². The van der Waals surface area contributed by atoms with Gasteiger partial charge in [0.05, 0.1) is 13.2 Å². The molecule has 2 aliphatic carbocycles. The molecule has 4 atom stereocenters. The van der Waals surface area contributed by atoms with Crippen molar-refractivity contribution in [1.82, 2.24) is 0 Å². The third-order valence-electron chi connectivity index (χ3n) is 5.80. The molecular formula is C25H41NO7. The van der Waals surface area contributed by atoms with Gasteiger partial charge in [0.25, 0.3) is 0 Å². The third kappa shape index (κ3) is 7.52. The molecule has 2 saturated carbocycles. The van der Waals surface area contributed by atoms with Gasteiger partial charge in [-0.2, -0.15) is 0 Å². The van der Waals surface area contributed by atoms with Gasteiger partial charge in [-0.15, -0.1) is 13.2 Å². The van der Waals surface area contributed by atoms with Crippen LogP contribution in [0.15, 0.2) is 25.3 Å². The van der Waals surface area contributed by atoms with Crippen LogP contribution in [0.25, 0.3) is 0 Å². The molecule has 2 rings (SSSR count). The van der Waals surface area contributed by atoms with Gasteiger partial charge in [-0.3, -0.25) is 19.2 Å². The van der Waals surface area contributed by atoms with Gasteiger partial charge >= 0.3 is 17.9 Å². The lowest BCUT2D eigenvalue weighted by molar-refractivity contribution is -0.161. The van der Waals surface area contributed by atoms with E-state index in [-0.39, 0.29) is 30.2 Å². The molecule has 188 valence electrons. The van der Waals surface area contributed by atoms with Crippen molar-refractivity contribution < 1.29 is 33.8 Å². The molecule has 0 spiro atoms. The molecule has 0 heterocycles. The fourth-order valence-electron chi connectivity index (χ4n) is 3.46. The van der Waals surface area contributed by atoms with E-state index in [4.69, 9.17) is 20.3 Å². The van der Waals surface area contributed by atoms with Gasteiger partial charge in [-0.25, -0.2) is 0 Å². The van der Waals surface area contributed by atoms with Gasteiger partial charge in [0.15, 0.2) is 11.2 Å². The molecule has 8 nitrogen and oxygen atoms in total. The molecule has 33 heavy (non-hydrogen) atoms. The number of carboxylic acids is 1. The zero-order valence-electron chi connectivity index (χ0n) is 20.6. The zero-order valence-corrected chi connectivity index (χ0v) is 20.6. The van der Waals surface area contributed by atoms with Crippen molar-refractivity contribution in [1.29, 1.82) is 0 Å². The number of ether oxygens (including phenoxy) is 2. The number of rotatable bonds is 12. The Labute approximate surface area is 197 Å². The summed E-state index contributed by atoms with van der Waals surface area (Å²) < 4.78 is 9.69. The molecule has 8 heteroatoms. The van der Waals surface area contributed by atoms with Gasteiger partial charge in [-0.05, 0) is 46.1 Å². The Morgan fingerprint density at radius 2 is 1.33 bits per heavy atom. The van der Waals surface area contributed by atoms with Crippen LogP contribution in [0.2, 0.25) is 0 Å². The first kappa shape index (κ1) is 30.5. The second kappa shape index (κ2) is 14.6. The monoisotopic (exact) mass is 467 g/mol. The van der Waals surface area contributed by atoms with Crippen molar-refractivity contribution >= 4 is 23.7 Å². The smallest absolute Gasteiger partial charge is 0.324 e. The van der Waals surface area contributed by atoms with Crippen LogP contribution in [-0.2, 0) is 28.7 Å². The van der Waals surface area contributed by atoms with Crippen molar-refractivity contribution in [3.63, 3.8) is 0 Å². The minimum Gasteiger partial charge on any atom is -0.480 e. The minimum absolute atomic E-state index is 0.0177. The van der Waals surface area contributed by atoms with Gasteiger partial charge in [0.1, 0.15) is 5.41 Å². The number of carbonyl (C=O) groups is 4. The van der Waals surface area contributed by atoms with Crippen molar-refractivity contribution in [2.24, 2.45) is 28.4 Å². The SMILES string of the molecule is C=CC1CC1(C(=O)CCCC)C(=O)OCC.C=CC1CC1(C(=O)O)C(=O)OCC.CCCN. The van der Waals surface area contributed by atoms with E-state index in [1.54, 1.807) is 19.9 Å². The second-order valence-corrected chi connectivity index (χ2v) is 8.10. The van der Waals surface area contributed by atoms with Crippen LogP contribution in [-0.4, -0.2) is 48.6 Å². The summed E-state index contributed by atoms with van der Waals surface area (Å²) in [6.45, 7) is 16.0. The lowest BCUT2D eigenvalue weighted by Gasteiger charge is -2.13. The van der Waals surface area contributed by atoms with Crippen LogP contribution in [0, 0.1) is 22.7 Å². The summed E-state index contributed by atoms with van der Waals surface area (Å²) in [5, 5.41) is 8.85. The summed E-state index contributed by atoms with van der Waals surface area (Å²) in [6, 6.07) is 0. The molecular weight excluding hydrogens is 426 g/mol. The molecule has 0 aromatic rings. The van der Waals surface area contributed by atoms with Crippen LogP contribution < -0.4 is 5.73 Å². The number of hydrogen-bond acceptors (Lipinski definition) is 7. The number of nitrogens with two attached hydrogens (primary N) is 1. The summed E-state index contributed by atoms with van der Waals surface area (Å²) in [7, 11) is 0. The van der Waals surface area contributed by atoms with E-state index >= 15 is 0 Å². The zero-order chi connectivity index (χ0) is 25.7. The van der Waals surface area contributed by atoms with Crippen LogP contribution in [0.1, 0.15) is 66.2 Å². The van der Waals surface area contributed by atoms with Gasteiger partial charge in [0.2, 0.25) is 0 Å². The maximum Gasteiger partial charge on any atom is 0.324 e. The van der Waals surface area contributed by atoms with Crippen molar-refractivity contribution in [2.75, 3.05) is 19.8 Å². The van der Waals surface area contributed by atoms with Crippen LogP contribution in [0.4, 0.5) is 0 Å². The number of carbonyl (C=O) groups excluding carboxylic acids is 3. The molecule has 0 saturated heterocycles. The first-order valence-electron chi connectivity index (χ1n) is 11.7. The van der Waals surface area contributed by atoms with Gasteiger partial charge in [0, 0.05) is 18.3 Å². The summed E-state index contributed by atoms with van der Waals surface area (Å²) in [5.41, 5.74) is 2.81. The topological polar surface area (TPSA) is 133 Å². The Morgan fingerprint density at radius 1 is 0.909 bits per heavy atom. The highest BCUT2D eigenvalue weighted by Gasteiger charge is 2.66. The first-order chi connectivity index (χ1) is 15.6. The highest BCUT2D eigenvalue weighted by molar-refractivity contribution is 6.07. The largest absolute Gasteiger partial charge is 0.480 e. The van der Waals surface area contributed by atoms with E-state index in [0.29, 0.717) is 25.9 Å². The van der Waals surface area contributed by atoms with E-state index in [9.17, 15) is 19.2 Å². The summed E-state index contributed by atoms with van der Waals surface area (Å²) in [6.07, 6.45) is 7.45. The molecule has 0 aromatic heterocycles. The second-order valence-electron chi connectivity index (χ2n) is 8.10. The Morgan fingerprint density at radius 3 is 1.64 bits per heavy atom. The Kier molecular flexibility index (Phi) is 13.5. The molecule has 4 unspecified atom stereocenters. The van der Waals surface area contributed by atoms with E-state index < -0.39 is 22.8 Å². The lowest BCUT2D eigenvalue weighted by Crippen LogP contribution is -2.29. The average molecular weight is 468 g/mol. The van der Waals surface area contributed by atoms with Crippen LogP contribution >= 0.6 is 0 Å². The Balaban J connectivity index is 0.000000542. The van der Waals surface area contributed by atoms with Gasteiger partial charge in [-0.1, -0.05) is 32.4 Å². The summed E-state index contributed by atoms with van der Waals surface area (Å²) >= 11 is 0. The molecule has 3 N–H and O–H groups in total. The van der Waals surface area contributed by atoms with Gasteiger partial charge < -0.3 is 20.3 Å². The van der Waals surface area contributed by atoms with Crippen molar-refractivity contribution in [3.05, 3.63) is 25.3 Å². The molecule has 2 aliphatic rings. The molecule has 2 fully saturated rings. The molecule has 0 radical (unpaired) electrons. The third-order valence-corrected chi connectivity index (χ3v) is 5.80. The fraction of sp³-hybridized carbons (Fsp3) is 0.680. The van der Waals surface area contributed by atoms with Crippen molar-refractivity contribution in [3.8, 4) is 0 Å². The maximum atomic E-state index is 12.0. The fourth-order valence-corrected chi connectivity index (χ4v) is 3.46. The number of esters is 2. The summed E-state index contributed by atoms with van der Waals surface area (Å²) in [4.78, 5) is 45.9. The number of allylic oxidation sites excluding steroid dienone is 2. The first-order valence-corrected chi connectivity index (χ1v) is 11.7. The summed E-state index contributed by atoms with van der Waals surface area (Å²) in [5.74, 6) is -2.39. The average Bonchev–Trinajstić information content (AvgIpc) is 3.71. The quantitative estimate of drug-likeness (QED) is 0.252. The predicted molar refractivity (Wildman–Crippen MR) is 126 cm³/mol. The number of aliphatic carboxylic acids is 1.